The lowest BCUT2D eigenvalue weighted by Crippen LogP contribution is -2.07. The van der Waals surface area contributed by atoms with Gasteiger partial charge >= 0.3 is 0 Å². The lowest BCUT2D eigenvalue weighted by Gasteiger charge is -2.22. The van der Waals surface area contributed by atoms with Gasteiger partial charge in [-0.1, -0.05) is 73.0 Å². The summed E-state index contributed by atoms with van der Waals surface area (Å²) in [5.74, 6) is 1.97. The number of aromatic nitrogens is 3. The molecule has 1 aliphatic rings. The van der Waals surface area contributed by atoms with Gasteiger partial charge in [0.2, 0.25) is 0 Å². The van der Waals surface area contributed by atoms with Gasteiger partial charge in [0, 0.05) is 11.3 Å². The predicted molar refractivity (Wildman–Crippen MR) is 118 cm³/mol. The molecule has 4 nitrogen and oxygen atoms in total. The summed E-state index contributed by atoms with van der Waals surface area (Å²) < 4.78 is 2.00. The van der Waals surface area contributed by atoms with Crippen LogP contribution in [0.25, 0.3) is 5.69 Å². The van der Waals surface area contributed by atoms with E-state index >= 15 is 0 Å². The molecule has 0 unspecified atom stereocenters. The Hall–Kier alpha value is -2.40. The second-order valence-corrected chi connectivity index (χ2v) is 8.81. The van der Waals surface area contributed by atoms with E-state index in [9.17, 15) is 4.79 Å². The van der Waals surface area contributed by atoms with Crippen LogP contribution in [0, 0.1) is 13.8 Å². The predicted octanol–water partition coefficient (Wildman–Crippen LogP) is 5.91. The number of ketones is 1. The fraction of sp³-hybridized carbons (Fsp3) is 0.375. The fourth-order valence-corrected chi connectivity index (χ4v) is 4.91. The van der Waals surface area contributed by atoms with Crippen LogP contribution in [0.1, 0.15) is 65.3 Å². The van der Waals surface area contributed by atoms with Crippen molar-refractivity contribution in [1.82, 2.24) is 14.8 Å². The summed E-state index contributed by atoms with van der Waals surface area (Å²) in [5.41, 5.74) is 4.38. The summed E-state index contributed by atoms with van der Waals surface area (Å²) in [5, 5.41) is 9.24. The molecular formula is C24H27N3OS. The van der Waals surface area contributed by atoms with Gasteiger partial charge in [-0.25, -0.2) is 0 Å². The van der Waals surface area contributed by atoms with E-state index in [2.05, 4.69) is 53.5 Å². The molecule has 0 amide bonds. The van der Waals surface area contributed by atoms with Crippen molar-refractivity contribution in [3.63, 3.8) is 0 Å². The van der Waals surface area contributed by atoms with Gasteiger partial charge in [0.1, 0.15) is 5.82 Å². The number of carbonyl (C=O) groups excluding carboxylic acids is 1. The third kappa shape index (κ3) is 4.61. The van der Waals surface area contributed by atoms with Gasteiger partial charge in [-0.2, -0.15) is 0 Å². The molecule has 0 aliphatic heterocycles. The number of carbonyl (C=O) groups is 1. The molecule has 0 radical (unpaired) electrons. The molecule has 0 spiro atoms. The first-order valence-electron chi connectivity index (χ1n) is 10.4. The van der Waals surface area contributed by atoms with E-state index in [1.54, 1.807) is 0 Å². The molecular weight excluding hydrogens is 378 g/mol. The zero-order chi connectivity index (χ0) is 20.2. The van der Waals surface area contributed by atoms with Crippen LogP contribution in [0.3, 0.4) is 0 Å². The largest absolute Gasteiger partial charge is 0.293 e. The molecule has 1 heterocycles. The van der Waals surface area contributed by atoms with Gasteiger partial charge in [-0.05, 0) is 50.3 Å². The van der Waals surface area contributed by atoms with Gasteiger partial charge in [0.25, 0.3) is 0 Å². The highest BCUT2D eigenvalue weighted by Gasteiger charge is 2.17. The van der Waals surface area contributed by atoms with Crippen LogP contribution in [0.15, 0.2) is 53.7 Å². The van der Waals surface area contributed by atoms with Crippen LogP contribution in [-0.4, -0.2) is 26.3 Å². The van der Waals surface area contributed by atoms with Crippen LogP contribution in [0.5, 0.6) is 0 Å². The molecule has 0 N–H and O–H groups in total. The van der Waals surface area contributed by atoms with E-state index < -0.39 is 0 Å². The van der Waals surface area contributed by atoms with Gasteiger partial charge in [0.05, 0.1) is 5.75 Å². The Morgan fingerprint density at radius 3 is 2.34 bits per heavy atom. The second-order valence-electron chi connectivity index (χ2n) is 7.87. The summed E-state index contributed by atoms with van der Waals surface area (Å²) in [6.07, 6.45) is 6.55. The summed E-state index contributed by atoms with van der Waals surface area (Å²) in [6.45, 7) is 4.00. The van der Waals surface area contributed by atoms with Crippen LogP contribution in [0.2, 0.25) is 0 Å². The molecule has 2 aromatic carbocycles. The highest BCUT2D eigenvalue weighted by molar-refractivity contribution is 7.99. The Bertz CT molecular complexity index is 970. The minimum absolute atomic E-state index is 0.126. The van der Waals surface area contributed by atoms with Crippen molar-refractivity contribution in [3.05, 3.63) is 71.0 Å². The maximum absolute atomic E-state index is 12.7. The molecule has 0 saturated heterocycles. The summed E-state index contributed by atoms with van der Waals surface area (Å²) >= 11 is 1.44. The Morgan fingerprint density at radius 1 is 0.966 bits per heavy atom. The highest BCUT2D eigenvalue weighted by atomic mass is 32.2. The van der Waals surface area contributed by atoms with Gasteiger partial charge < -0.3 is 0 Å². The van der Waals surface area contributed by atoms with Crippen molar-refractivity contribution in [2.45, 2.75) is 57.0 Å². The molecule has 1 aromatic heterocycles. The summed E-state index contributed by atoms with van der Waals surface area (Å²) in [6, 6.07) is 16.5. The third-order valence-electron chi connectivity index (χ3n) is 5.73. The summed E-state index contributed by atoms with van der Waals surface area (Å²) in [7, 11) is 0. The Labute approximate surface area is 176 Å². The van der Waals surface area contributed by atoms with E-state index in [1.807, 2.05) is 23.6 Å². The third-order valence-corrected chi connectivity index (χ3v) is 6.66. The number of benzene rings is 2. The van der Waals surface area contributed by atoms with E-state index in [0.29, 0.717) is 11.7 Å². The molecule has 0 atom stereocenters. The Kier molecular flexibility index (Phi) is 6.14. The van der Waals surface area contributed by atoms with Crippen molar-refractivity contribution >= 4 is 17.5 Å². The normalized spacial score (nSPS) is 14.8. The molecule has 1 fully saturated rings. The minimum atomic E-state index is 0.126. The van der Waals surface area contributed by atoms with Crippen molar-refractivity contribution in [1.29, 1.82) is 0 Å². The van der Waals surface area contributed by atoms with Gasteiger partial charge in [-0.15, -0.1) is 10.2 Å². The molecule has 1 aliphatic carbocycles. The number of nitrogens with zero attached hydrogens (tertiary/aromatic N) is 3. The smallest absolute Gasteiger partial charge is 0.196 e. The van der Waals surface area contributed by atoms with Crippen LogP contribution in [-0.2, 0) is 0 Å². The zero-order valence-electron chi connectivity index (χ0n) is 17.1. The molecule has 1 saturated carbocycles. The first-order valence-corrected chi connectivity index (χ1v) is 11.4. The van der Waals surface area contributed by atoms with Gasteiger partial charge in [0.15, 0.2) is 10.9 Å². The van der Waals surface area contributed by atoms with Crippen molar-refractivity contribution in [2.24, 2.45) is 0 Å². The van der Waals surface area contributed by atoms with Crippen LogP contribution >= 0.6 is 11.8 Å². The molecule has 0 bridgehead atoms. The highest BCUT2D eigenvalue weighted by Crippen LogP contribution is 2.32. The molecule has 150 valence electrons. The number of aryl methyl sites for hydroxylation is 2. The second kappa shape index (κ2) is 8.95. The molecule has 5 heteroatoms. The van der Waals surface area contributed by atoms with E-state index in [4.69, 9.17) is 0 Å². The molecule has 3 aromatic rings. The number of thioether (sulfide) groups is 1. The van der Waals surface area contributed by atoms with Crippen LogP contribution in [0.4, 0.5) is 0 Å². The minimum Gasteiger partial charge on any atom is -0.293 e. The lowest BCUT2D eigenvalue weighted by atomic mass is 9.84. The average Bonchev–Trinajstić information content (AvgIpc) is 3.13. The van der Waals surface area contributed by atoms with Crippen LogP contribution < -0.4 is 0 Å². The number of Topliss-reactive ketones (excluding diaryl/α,β-unsaturated/α-hetero) is 1. The molecule has 4 rings (SSSR count). The average molecular weight is 406 g/mol. The SMILES string of the molecule is Cc1ccc(-n2c(C)nnc2SCC(=O)c2ccc(C3CCCCC3)cc2)cc1. The zero-order valence-corrected chi connectivity index (χ0v) is 17.9. The first-order chi connectivity index (χ1) is 14.1. The van der Waals surface area contributed by atoms with Crippen molar-refractivity contribution in [3.8, 4) is 5.69 Å². The number of hydrogen-bond acceptors (Lipinski definition) is 4. The summed E-state index contributed by atoms with van der Waals surface area (Å²) in [4.78, 5) is 12.7. The number of hydrogen-bond donors (Lipinski definition) is 0. The van der Waals surface area contributed by atoms with Gasteiger partial charge in [-0.3, -0.25) is 9.36 Å². The maximum Gasteiger partial charge on any atom is 0.196 e. The van der Waals surface area contributed by atoms with E-state index in [0.717, 1.165) is 22.2 Å². The molecule has 29 heavy (non-hydrogen) atoms. The van der Waals surface area contributed by atoms with Crippen molar-refractivity contribution in [2.75, 3.05) is 5.75 Å². The fourth-order valence-electron chi connectivity index (χ4n) is 4.02. The Balaban J connectivity index is 1.43. The lowest BCUT2D eigenvalue weighted by molar-refractivity contribution is 0.102. The Morgan fingerprint density at radius 2 is 1.66 bits per heavy atom. The quantitative estimate of drug-likeness (QED) is 0.378. The number of rotatable bonds is 6. The maximum atomic E-state index is 12.7. The van der Waals surface area contributed by atoms with E-state index in [1.165, 1.54) is 55.0 Å². The van der Waals surface area contributed by atoms with E-state index in [-0.39, 0.29) is 5.78 Å². The van der Waals surface area contributed by atoms with Crippen molar-refractivity contribution < 1.29 is 4.79 Å². The standard InChI is InChI=1S/C24H27N3OS/c1-17-8-14-22(15-9-17)27-18(2)25-26-24(27)29-16-23(28)21-12-10-20(11-13-21)19-6-4-3-5-7-19/h8-15,19H,3-7,16H2,1-2H3. The monoisotopic (exact) mass is 405 g/mol. The first kappa shape index (κ1) is 19.9. The topological polar surface area (TPSA) is 47.8 Å².